The summed E-state index contributed by atoms with van der Waals surface area (Å²) in [6.45, 7) is 9.76. The van der Waals surface area contributed by atoms with Crippen molar-refractivity contribution in [3.05, 3.63) is 64.7 Å². The summed E-state index contributed by atoms with van der Waals surface area (Å²) in [5.74, 6) is 0.237. The summed E-state index contributed by atoms with van der Waals surface area (Å²) >= 11 is 0. The number of carbonyl (C=O) groups is 1. The highest BCUT2D eigenvalue weighted by atomic mass is 16.2. The zero-order valence-electron chi connectivity index (χ0n) is 14.9. The Morgan fingerprint density at radius 1 is 0.875 bits per heavy atom. The number of nitrogens with zero attached hydrogens (tertiary/aromatic N) is 2. The van der Waals surface area contributed by atoms with Gasteiger partial charge < -0.3 is 9.80 Å². The third-order valence-corrected chi connectivity index (χ3v) is 4.64. The molecule has 0 radical (unpaired) electrons. The van der Waals surface area contributed by atoms with Crippen LogP contribution in [0.4, 0.5) is 5.69 Å². The molecule has 3 rings (SSSR count). The van der Waals surface area contributed by atoms with Crippen LogP contribution in [0.5, 0.6) is 0 Å². The number of hydrogen-bond acceptors (Lipinski definition) is 2. The van der Waals surface area contributed by atoms with Gasteiger partial charge in [-0.05, 0) is 49.6 Å². The minimum absolute atomic E-state index is 0.237. The Morgan fingerprint density at radius 2 is 1.54 bits per heavy atom. The minimum Gasteiger partial charge on any atom is -0.368 e. The van der Waals surface area contributed by atoms with E-state index in [2.05, 4.69) is 56.0 Å². The second kappa shape index (κ2) is 7.08. The van der Waals surface area contributed by atoms with Crippen molar-refractivity contribution in [2.75, 3.05) is 31.1 Å². The van der Waals surface area contributed by atoms with Crippen LogP contribution in [0.25, 0.3) is 0 Å². The van der Waals surface area contributed by atoms with Crippen molar-refractivity contribution in [1.29, 1.82) is 0 Å². The maximum atomic E-state index is 12.5. The lowest BCUT2D eigenvalue weighted by Crippen LogP contribution is -2.49. The number of piperazine rings is 1. The second-order valence-electron chi connectivity index (χ2n) is 6.88. The molecule has 0 bridgehead atoms. The van der Waals surface area contributed by atoms with Crippen LogP contribution >= 0.6 is 0 Å². The fraction of sp³-hybridized carbons (Fsp3) is 0.381. The molecule has 0 aromatic heterocycles. The van der Waals surface area contributed by atoms with Crippen LogP contribution in [0.15, 0.2) is 42.5 Å². The maximum Gasteiger partial charge on any atom is 0.227 e. The molecule has 0 spiro atoms. The van der Waals surface area contributed by atoms with Crippen molar-refractivity contribution in [3.63, 3.8) is 0 Å². The average molecular weight is 322 g/mol. The molecule has 2 aromatic carbocycles. The third-order valence-electron chi connectivity index (χ3n) is 4.64. The van der Waals surface area contributed by atoms with Gasteiger partial charge in [-0.2, -0.15) is 0 Å². The van der Waals surface area contributed by atoms with Crippen molar-refractivity contribution in [2.45, 2.75) is 27.2 Å². The lowest BCUT2D eigenvalue weighted by atomic mass is 10.1. The Kier molecular flexibility index (Phi) is 4.89. The van der Waals surface area contributed by atoms with Gasteiger partial charge in [0.05, 0.1) is 6.42 Å². The number of amides is 1. The maximum absolute atomic E-state index is 12.5. The van der Waals surface area contributed by atoms with Gasteiger partial charge >= 0.3 is 0 Å². The molecule has 0 N–H and O–H groups in total. The summed E-state index contributed by atoms with van der Waals surface area (Å²) in [5, 5.41) is 0. The van der Waals surface area contributed by atoms with Crippen molar-refractivity contribution >= 4 is 11.6 Å². The molecule has 0 saturated carbocycles. The molecule has 1 aliphatic rings. The van der Waals surface area contributed by atoms with Gasteiger partial charge in [0.2, 0.25) is 5.91 Å². The molecule has 0 aliphatic carbocycles. The van der Waals surface area contributed by atoms with E-state index in [0.717, 1.165) is 31.7 Å². The van der Waals surface area contributed by atoms with Crippen LogP contribution in [0.2, 0.25) is 0 Å². The topological polar surface area (TPSA) is 23.6 Å². The molecule has 126 valence electrons. The van der Waals surface area contributed by atoms with E-state index in [1.165, 1.54) is 22.4 Å². The standard InChI is InChI=1S/C21H26N2O/c1-16-5-4-6-19(12-16)15-21(24)23-9-7-22(8-10-23)20-13-17(2)11-18(3)14-20/h4-6,11-14H,7-10,15H2,1-3H3. The molecule has 1 heterocycles. The summed E-state index contributed by atoms with van der Waals surface area (Å²) in [7, 11) is 0. The quantitative estimate of drug-likeness (QED) is 0.863. The molecule has 1 aliphatic heterocycles. The number of anilines is 1. The zero-order chi connectivity index (χ0) is 17.1. The summed E-state index contributed by atoms with van der Waals surface area (Å²) in [5.41, 5.74) is 6.18. The van der Waals surface area contributed by atoms with E-state index in [1.807, 2.05) is 17.0 Å². The molecule has 1 amide bonds. The summed E-state index contributed by atoms with van der Waals surface area (Å²) in [6, 6.07) is 14.9. The van der Waals surface area contributed by atoms with E-state index in [4.69, 9.17) is 0 Å². The highest BCUT2D eigenvalue weighted by Crippen LogP contribution is 2.20. The Balaban J connectivity index is 1.59. The third kappa shape index (κ3) is 3.97. The van der Waals surface area contributed by atoms with Gasteiger partial charge in [0.15, 0.2) is 0 Å². The van der Waals surface area contributed by atoms with E-state index in [0.29, 0.717) is 6.42 Å². The summed E-state index contributed by atoms with van der Waals surface area (Å²) in [6.07, 6.45) is 0.505. The first-order valence-corrected chi connectivity index (χ1v) is 8.68. The SMILES string of the molecule is Cc1cccc(CC(=O)N2CCN(c3cc(C)cc(C)c3)CC2)c1. The molecule has 3 nitrogen and oxygen atoms in total. The van der Waals surface area contributed by atoms with Gasteiger partial charge in [-0.1, -0.05) is 35.9 Å². The van der Waals surface area contributed by atoms with Crippen LogP contribution in [-0.2, 0) is 11.2 Å². The smallest absolute Gasteiger partial charge is 0.227 e. The summed E-state index contributed by atoms with van der Waals surface area (Å²) < 4.78 is 0. The molecule has 1 saturated heterocycles. The van der Waals surface area contributed by atoms with E-state index in [9.17, 15) is 4.79 Å². The molecule has 0 unspecified atom stereocenters. The Labute approximate surface area is 144 Å². The van der Waals surface area contributed by atoms with E-state index in [-0.39, 0.29) is 5.91 Å². The largest absolute Gasteiger partial charge is 0.368 e. The number of aryl methyl sites for hydroxylation is 3. The fourth-order valence-electron chi connectivity index (χ4n) is 3.46. The first kappa shape index (κ1) is 16.6. The molecular weight excluding hydrogens is 296 g/mol. The van der Waals surface area contributed by atoms with E-state index >= 15 is 0 Å². The zero-order valence-corrected chi connectivity index (χ0v) is 14.9. The molecule has 0 atom stereocenters. The lowest BCUT2D eigenvalue weighted by Gasteiger charge is -2.36. The van der Waals surface area contributed by atoms with Crippen LogP contribution in [0, 0.1) is 20.8 Å². The van der Waals surface area contributed by atoms with Crippen molar-refractivity contribution < 1.29 is 4.79 Å². The van der Waals surface area contributed by atoms with Crippen LogP contribution < -0.4 is 4.90 Å². The van der Waals surface area contributed by atoms with E-state index in [1.54, 1.807) is 0 Å². The normalized spacial score (nSPS) is 14.8. The predicted octanol–water partition coefficient (Wildman–Crippen LogP) is 3.50. The summed E-state index contributed by atoms with van der Waals surface area (Å²) in [4.78, 5) is 16.9. The van der Waals surface area contributed by atoms with Gasteiger partial charge in [-0.15, -0.1) is 0 Å². The molecule has 24 heavy (non-hydrogen) atoms. The van der Waals surface area contributed by atoms with Crippen molar-refractivity contribution in [3.8, 4) is 0 Å². The average Bonchev–Trinajstić information content (AvgIpc) is 2.54. The Hall–Kier alpha value is -2.29. The number of carbonyl (C=O) groups excluding carboxylic acids is 1. The lowest BCUT2D eigenvalue weighted by molar-refractivity contribution is -0.130. The molecule has 3 heteroatoms. The van der Waals surface area contributed by atoms with Crippen LogP contribution in [-0.4, -0.2) is 37.0 Å². The molecular formula is C21H26N2O. The second-order valence-corrected chi connectivity index (χ2v) is 6.88. The number of hydrogen-bond donors (Lipinski definition) is 0. The van der Waals surface area contributed by atoms with Gasteiger partial charge in [0.1, 0.15) is 0 Å². The van der Waals surface area contributed by atoms with Gasteiger partial charge in [-0.3, -0.25) is 4.79 Å². The number of benzene rings is 2. The first-order valence-electron chi connectivity index (χ1n) is 8.68. The molecule has 1 fully saturated rings. The van der Waals surface area contributed by atoms with Crippen molar-refractivity contribution in [1.82, 2.24) is 4.90 Å². The van der Waals surface area contributed by atoms with Crippen LogP contribution in [0.1, 0.15) is 22.3 Å². The Bertz CT molecular complexity index is 710. The van der Waals surface area contributed by atoms with Gasteiger partial charge in [0.25, 0.3) is 0 Å². The van der Waals surface area contributed by atoms with E-state index < -0.39 is 0 Å². The van der Waals surface area contributed by atoms with Crippen LogP contribution in [0.3, 0.4) is 0 Å². The highest BCUT2D eigenvalue weighted by Gasteiger charge is 2.21. The number of rotatable bonds is 3. The van der Waals surface area contributed by atoms with Crippen molar-refractivity contribution in [2.24, 2.45) is 0 Å². The van der Waals surface area contributed by atoms with Gasteiger partial charge in [0, 0.05) is 31.9 Å². The highest BCUT2D eigenvalue weighted by molar-refractivity contribution is 5.79. The Morgan fingerprint density at radius 3 is 2.17 bits per heavy atom. The molecule has 2 aromatic rings. The fourth-order valence-corrected chi connectivity index (χ4v) is 3.46. The first-order chi connectivity index (χ1) is 11.5. The predicted molar refractivity (Wildman–Crippen MR) is 99.6 cm³/mol. The minimum atomic E-state index is 0.237. The van der Waals surface area contributed by atoms with Gasteiger partial charge in [-0.25, -0.2) is 0 Å². The monoisotopic (exact) mass is 322 g/mol.